The van der Waals surface area contributed by atoms with Crippen molar-refractivity contribution < 1.29 is 14.3 Å². The second-order valence-corrected chi connectivity index (χ2v) is 6.74. The van der Waals surface area contributed by atoms with Gasteiger partial charge >= 0.3 is 0 Å². The summed E-state index contributed by atoms with van der Waals surface area (Å²) in [6.45, 7) is 1.25. The average Bonchev–Trinajstić information content (AvgIpc) is 3.25. The molecule has 2 atom stereocenters. The molecule has 2 unspecified atom stereocenters. The number of carbonyl (C=O) groups excluding carboxylic acids is 1. The Balaban J connectivity index is 1.62. The zero-order valence-electron chi connectivity index (χ0n) is 11.9. The zero-order valence-corrected chi connectivity index (χ0v) is 12.7. The third-order valence-electron chi connectivity index (χ3n) is 5.06. The molecule has 2 saturated carbocycles. The zero-order chi connectivity index (χ0) is 14.4. The summed E-state index contributed by atoms with van der Waals surface area (Å²) in [5.41, 5.74) is 0.611. The van der Waals surface area contributed by atoms with Crippen LogP contribution in [-0.4, -0.2) is 19.0 Å². The SMILES string of the molecule is O=C(c1cc2c(cc1Cl)OCCCO2)C1C2CCCCC21. The third-order valence-corrected chi connectivity index (χ3v) is 5.37. The molecule has 1 heterocycles. The minimum absolute atomic E-state index is 0.190. The number of rotatable bonds is 2. The highest BCUT2D eigenvalue weighted by Gasteiger charge is 2.54. The number of ether oxygens (including phenoxy) is 2. The highest BCUT2D eigenvalue weighted by molar-refractivity contribution is 6.34. The van der Waals surface area contributed by atoms with E-state index in [9.17, 15) is 4.79 Å². The predicted molar refractivity (Wildman–Crippen MR) is 80.3 cm³/mol. The standard InChI is InChI=1S/C17H19ClO3/c18-13-9-15-14(20-6-3-7-21-15)8-12(13)17(19)16-10-4-1-2-5-11(10)16/h8-11,16H,1-7H2. The van der Waals surface area contributed by atoms with E-state index in [1.807, 2.05) is 0 Å². The topological polar surface area (TPSA) is 35.5 Å². The van der Waals surface area contributed by atoms with Gasteiger partial charge < -0.3 is 9.47 Å². The number of benzene rings is 1. The Kier molecular flexibility index (Phi) is 3.33. The smallest absolute Gasteiger partial charge is 0.168 e. The van der Waals surface area contributed by atoms with E-state index in [4.69, 9.17) is 21.1 Å². The molecule has 0 aromatic heterocycles. The molecule has 4 rings (SSSR count). The molecule has 1 aliphatic heterocycles. The van der Waals surface area contributed by atoms with Gasteiger partial charge in [-0.25, -0.2) is 0 Å². The first-order valence-electron chi connectivity index (χ1n) is 7.89. The van der Waals surface area contributed by atoms with Gasteiger partial charge in [0.1, 0.15) is 0 Å². The summed E-state index contributed by atoms with van der Waals surface area (Å²) in [5.74, 6) is 2.89. The van der Waals surface area contributed by atoms with Crippen LogP contribution in [-0.2, 0) is 0 Å². The fourth-order valence-electron chi connectivity index (χ4n) is 3.93. The van der Waals surface area contributed by atoms with Gasteiger partial charge in [-0.05, 0) is 30.7 Å². The average molecular weight is 307 g/mol. The first-order chi connectivity index (χ1) is 10.3. The fraction of sp³-hybridized carbons (Fsp3) is 0.588. The van der Waals surface area contributed by atoms with E-state index in [1.54, 1.807) is 12.1 Å². The van der Waals surface area contributed by atoms with Crippen LogP contribution < -0.4 is 9.47 Å². The molecule has 0 bridgehead atoms. The van der Waals surface area contributed by atoms with E-state index in [1.165, 1.54) is 25.7 Å². The van der Waals surface area contributed by atoms with Gasteiger partial charge in [0.2, 0.25) is 0 Å². The first kappa shape index (κ1) is 13.4. The van der Waals surface area contributed by atoms with Gasteiger partial charge in [0.05, 0.1) is 18.2 Å². The van der Waals surface area contributed by atoms with Crippen molar-refractivity contribution in [2.75, 3.05) is 13.2 Å². The first-order valence-corrected chi connectivity index (χ1v) is 8.27. The third kappa shape index (κ3) is 2.32. The monoisotopic (exact) mass is 306 g/mol. The number of fused-ring (bicyclic) bond motifs is 2. The van der Waals surface area contributed by atoms with Crippen molar-refractivity contribution in [3.63, 3.8) is 0 Å². The van der Waals surface area contributed by atoms with Crippen molar-refractivity contribution in [3.8, 4) is 11.5 Å². The van der Waals surface area contributed by atoms with E-state index in [0.717, 1.165) is 6.42 Å². The van der Waals surface area contributed by atoms with Crippen LogP contribution >= 0.6 is 11.6 Å². The molecule has 1 aromatic carbocycles. The van der Waals surface area contributed by atoms with Crippen LogP contribution in [0.1, 0.15) is 42.5 Å². The number of carbonyl (C=O) groups is 1. The number of hydrogen-bond donors (Lipinski definition) is 0. The summed E-state index contributed by atoms with van der Waals surface area (Å²) in [7, 11) is 0. The van der Waals surface area contributed by atoms with Crippen LogP contribution in [0.4, 0.5) is 0 Å². The lowest BCUT2D eigenvalue weighted by atomic mass is 10.0. The highest BCUT2D eigenvalue weighted by atomic mass is 35.5. The normalized spacial score (nSPS) is 30.2. The van der Waals surface area contributed by atoms with Gasteiger partial charge in [0.15, 0.2) is 17.3 Å². The lowest BCUT2D eigenvalue weighted by Crippen LogP contribution is -2.06. The predicted octanol–water partition coefficient (Wildman–Crippen LogP) is 4.12. The summed E-state index contributed by atoms with van der Waals surface area (Å²) < 4.78 is 11.3. The number of Topliss-reactive ketones (excluding diaryl/α,β-unsaturated/α-hetero) is 1. The van der Waals surface area contributed by atoms with Crippen molar-refractivity contribution in [1.82, 2.24) is 0 Å². The molecule has 3 aliphatic rings. The van der Waals surface area contributed by atoms with Gasteiger partial charge in [-0.1, -0.05) is 24.4 Å². The Hall–Kier alpha value is -1.22. The second kappa shape index (κ2) is 5.20. The Labute approximate surface area is 129 Å². The summed E-state index contributed by atoms with van der Waals surface area (Å²) in [5, 5.41) is 0.493. The maximum Gasteiger partial charge on any atom is 0.168 e. The molecule has 1 aromatic rings. The molecular weight excluding hydrogens is 288 g/mol. The minimum Gasteiger partial charge on any atom is -0.490 e. The molecule has 0 amide bonds. The molecule has 2 fully saturated rings. The van der Waals surface area contributed by atoms with Crippen LogP contribution in [0.2, 0.25) is 5.02 Å². The van der Waals surface area contributed by atoms with Crippen molar-refractivity contribution in [1.29, 1.82) is 0 Å². The molecular formula is C17H19ClO3. The van der Waals surface area contributed by atoms with Crippen LogP contribution in [0.5, 0.6) is 11.5 Å². The number of hydrogen-bond acceptors (Lipinski definition) is 3. The van der Waals surface area contributed by atoms with Crippen LogP contribution in [0.25, 0.3) is 0 Å². The van der Waals surface area contributed by atoms with E-state index in [-0.39, 0.29) is 11.7 Å². The lowest BCUT2D eigenvalue weighted by molar-refractivity contribution is 0.0956. The van der Waals surface area contributed by atoms with Crippen molar-refractivity contribution >= 4 is 17.4 Å². The van der Waals surface area contributed by atoms with Crippen molar-refractivity contribution in [2.24, 2.45) is 17.8 Å². The Bertz CT molecular complexity index is 572. The Morgan fingerprint density at radius 1 is 1.00 bits per heavy atom. The molecule has 0 radical (unpaired) electrons. The van der Waals surface area contributed by atoms with Gasteiger partial charge in [0, 0.05) is 24.0 Å². The number of halogens is 1. The summed E-state index contributed by atoms with van der Waals surface area (Å²) >= 11 is 6.32. The summed E-state index contributed by atoms with van der Waals surface area (Å²) in [6, 6.07) is 3.52. The lowest BCUT2D eigenvalue weighted by Gasteiger charge is -2.11. The number of ketones is 1. The van der Waals surface area contributed by atoms with E-state index < -0.39 is 0 Å². The van der Waals surface area contributed by atoms with Crippen LogP contribution in [0.3, 0.4) is 0 Å². The highest BCUT2D eigenvalue weighted by Crippen LogP contribution is 2.57. The molecule has 112 valence electrons. The maximum atomic E-state index is 12.8. The van der Waals surface area contributed by atoms with Gasteiger partial charge in [-0.2, -0.15) is 0 Å². The largest absolute Gasteiger partial charge is 0.490 e. The fourth-order valence-corrected chi connectivity index (χ4v) is 4.18. The van der Waals surface area contributed by atoms with Gasteiger partial charge in [-0.15, -0.1) is 0 Å². The van der Waals surface area contributed by atoms with Gasteiger partial charge in [0.25, 0.3) is 0 Å². The Morgan fingerprint density at radius 2 is 1.62 bits per heavy atom. The summed E-state index contributed by atoms with van der Waals surface area (Å²) in [6.07, 6.45) is 5.77. The van der Waals surface area contributed by atoms with Crippen LogP contribution in [0.15, 0.2) is 12.1 Å². The quantitative estimate of drug-likeness (QED) is 0.771. The molecule has 0 saturated heterocycles. The van der Waals surface area contributed by atoms with Crippen molar-refractivity contribution in [2.45, 2.75) is 32.1 Å². The summed E-state index contributed by atoms with van der Waals surface area (Å²) in [4.78, 5) is 12.8. The molecule has 21 heavy (non-hydrogen) atoms. The Morgan fingerprint density at radius 3 is 2.29 bits per heavy atom. The second-order valence-electron chi connectivity index (χ2n) is 6.33. The minimum atomic E-state index is 0.190. The van der Waals surface area contributed by atoms with Gasteiger partial charge in [-0.3, -0.25) is 4.79 Å². The van der Waals surface area contributed by atoms with E-state index in [0.29, 0.717) is 47.1 Å². The van der Waals surface area contributed by atoms with Crippen molar-refractivity contribution in [3.05, 3.63) is 22.7 Å². The van der Waals surface area contributed by atoms with E-state index in [2.05, 4.69) is 0 Å². The molecule has 4 heteroatoms. The molecule has 0 spiro atoms. The molecule has 0 N–H and O–H groups in total. The van der Waals surface area contributed by atoms with Crippen LogP contribution in [0, 0.1) is 17.8 Å². The maximum absolute atomic E-state index is 12.8. The molecule has 2 aliphatic carbocycles. The molecule has 3 nitrogen and oxygen atoms in total. The van der Waals surface area contributed by atoms with E-state index >= 15 is 0 Å².